The van der Waals surface area contributed by atoms with Gasteiger partial charge in [-0.1, -0.05) is 12.8 Å². The Hall–Kier alpha value is -2.75. The van der Waals surface area contributed by atoms with Gasteiger partial charge in [-0.25, -0.2) is 9.97 Å². The van der Waals surface area contributed by atoms with Gasteiger partial charge in [0.1, 0.15) is 11.6 Å². The molecule has 184 valence electrons. The van der Waals surface area contributed by atoms with Crippen LogP contribution in [0.4, 0.5) is 17.3 Å². The zero-order valence-electron chi connectivity index (χ0n) is 19.9. The Labute approximate surface area is 209 Å². The lowest BCUT2D eigenvalue weighted by Crippen LogP contribution is -2.43. The van der Waals surface area contributed by atoms with E-state index in [1.54, 1.807) is 11.3 Å². The van der Waals surface area contributed by atoms with E-state index < -0.39 is 6.10 Å². The van der Waals surface area contributed by atoms with Crippen molar-refractivity contribution in [3.8, 4) is 0 Å². The molecule has 0 spiro atoms. The third kappa shape index (κ3) is 4.60. The first-order chi connectivity index (χ1) is 17.2. The molecule has 3 aromatic rings. The van der Waals surface area contributed by atoms with Crippen molar-refractivity contribution >= 4 is 44.7 Å². The van der Waals surface area contributed by atoms with Crippen molar-refractivity contribution in [2.75, 3.05) is 49.5 Å². The number of rotatable bonds is 5. The second-order valence-electron chi connectivity index (χ2n) is 9.85. The molecule has 0 radical (unpaired) electrons. The van der Waals surface area contributed by atoms with Gasteiger partial charge >= 0.3 is 0 Å². The molecular weight excluding hydrogens is 460 g/mol. The Kier molecular flexibility index (Phi) is 6.30. The fourth-order valence-electron chi connectivity index (χ4n) is 5.64. The Morgan fingerprint density at radius 2 is 1.86 bits per heavy atom. The Bertz CT molecular complexity index is 1200. The van der Waals surface area contributed by atoms with Crippen LogP contribution >= 0.6 is 11.3 Å². The van der Waals surface area contributed by atoms with Crippen LogP contribution in [0.25, 0.3) is 10.1 Å². The van der Waals surface area contributed by atoms with Crippen molar-refractivity contribution in [3.05, 3.63) is 41.0 Å². The summed E-state index contributed by atoms with van der Waals surface area (Å²) in [6.45, 7) is 5.03. The van der Waals surface area contributed by atoms with Crippen molar-refractivity contribution in [1.29, 1.82) is 0 Å². The van der Waals surface area contributed by atoms with Gasteiger partial charge in [-0.2, -0.15) is 0 Å². The molecule has 1 unspecified atom stereocenters. The average Bonchev–Trinajstić information content (AvgIpc) is 3.64. The molecule has 1 saturated carbocycles. The van der Waals surface area contributed by atoms with Gasteiger partial charge in [0.05, 0.1) is 27.6 Å². The van der Waals surface area contributed by atoms with Crippen LogP contribution in [-0.4, -0.2) is 71.3 Å². The maximum Gasteiger partial charge on any atom is 0.264 e. The smallest absolute Gasteiger partial charge is 0.264 e. The Balaban J connectivity index is 1.28. The number of fused-ring (bicyclic) bond motifs is 1. The summed E-state index contributed by atoms with van der Waals surface area (Å²) in [5, 5.41) is 17.8. The summed E-state index contributed by atoms with van der Waals surface area (Å²) in [5.74, 6) is 1.97. The molecule has 2 aliphatic heterocycles. The van der Waals surface area contributed by atoms with E-state index in [9.17, 15) is 9.90 Å². The van der Waals surface area contributed by atoms with Crippen LogP contribution in [0.1, 0.15) is 53.3 Å². The first-order valence-corrected chi connectivity index (χ1v) is 13.6. The number of carbonyl (C=O) groups excluding carboxylic acids is 1. The molecule has 5 heterocycles. The number of aliphatic hydroxyl groups is 1. The van der Waals surface area contributed by atoms with Crippen molar-refractivity contribution in [1.82, 2.24) is 20.2 Å². The number of aliphatic hydroxyl groups excluding tert-OH is 1. The van der Waals surface area contributed by atoms with E-state index in [-0.39, 0.29) is 5.91 Å². The van der Waals surface area contributed by atoms with Gasteiger partial charge in [-0.3, -0.25) is 4.79 Å². The molecule has 0 bridgehead atoms. The highest BCUT2D eigenvalue weighted by Gasteiger charge is 2.32. The number of carbonyl (C=O) groups is 1. The summed E-state index contributed by atoms with van der Waals surface area (Å²) in [5.41, 5.74) is 2.32. The van der Waals surface area contributed by atoms with Gasteiger partial charge in [0.25, 0.3) is 5.91 Å². The lowest BCUT2D eigenvalue weighted by Gasteiger charge is -2.29. The number of thiophene rings is 1. The molecule has 9 heteroatoms. The number of β-amino-alcohol motifs (C(OH)–C–C–N with tert-alkyl or cyclic N) is 1. The van der Waals surface area contributed by atoms with E-state index >= 15 is 0 Å². The van der Waals surface area contributed by atoms with E-state index in [4.69, 9.17) is 0 Å². The number of likely N-dealkylation sites (tertiary alicyclic amines) is 1. The summed E-state index contributed by atoms with van der Waals surface area (Å²) < 4.78 is 1.04. The van der Waals surface area contributed by atoms with Crippen molar-refractivity contribution < 1.29 is 9.90 Å². The monoisotopic (exact) mass is 492 g/mol. The van der Waals surface area contributed by atoms with E-state index in [1.807, 2.05) is 23.4 Å². The lowest BCUT2D eigenvalue weighted by atomic mass is 9.94. The van der Waals surface area contributed by atoms with Crippen LogP contribution in [0.5, 0.6) is 0 Å². The third-order valence-electron chi connectivity index (χ3n) is 7.51. The number of hydrogen-bond donors (Lipinski definition) is 3. The molecule has 3 N–H and O–H groups in total. The van der Waals surface area contributed by atoms with Gasteiger partial charge in [-0.05, 0) is 48.9 Å². The molecular formula is C26H32N6O2S. The molecule has 0 aromatic carbocycles. The quantitative estimate of drug-likeness (QED) is 0.500. The number of pyridine rings is 2. The zero-order chi connectivity index (χ0) is 23.8. The minimum Gasteiger partial charge on any atom is -0.391 e. The highest BCUT2D eigenvalue weighted by molar-refractivity contribution is 7.21. The van der Waals surface area contributed by atoms with E-state index in [2.05, 4.69) is 37.6 Å². The number of amides is 1. The van der Waals surface area contributed by atoms with Crippen molar-refractivity contribution in [2.45, 2.75) is 44.1 Å². The highest BCUT2D eigenvalue weighted by Crippen LogP contribution is 2.44. The predicted octanol–water partition coefficient (Wildman–Crippen LogP) is 3.71. The fraction of sp³-hybridized carbons (Fsp3) is 0.500. The van der Waals surface area contributed by atoms with Gasteiger partial charge in [0.2, 0.25) is 0 Å². The zero-order valence-corrected chi connectivity index (χ0v) is 20.7. The van der Waals surface area contributed by atoms with Crippen LogP contribution in [0, 0.1) is 0 Å². The standard InChI is InChI=1S/C26H32N6O2S/c33-19-7-10-32(16-19)26(34)25-24(17-3-1-2-4-17)20-13-23(29-15-21(20)35-25)30-22-6-5-18(14-28-22)31-11-8-27-9-12-31/h5-6,13-15,17,19,27,33H,1-4,7-12,16H2,(H,28,29,30). The number of piperazine rings is 1. The maximum atomic E-state index is 13.4. The minimum absolute atomic E-state index is 0.0596. The topological polar surface area (TPSA) is 93.6 Å². The van der Waals surface area contributed by atoms with Crippen molar-refractivity contribution in [3.63, 3.8) is 0 Å². The predicted molar refractivity (Wildman–Crippen MR) is 140 cm³/mol. The third-order valence-corrected chi connectivity index (χ3v) is 8.65. The van der Waals surface area contributed by atoms with Crippen LogP contribution in [0.2, 0.25) is 0 Å². The van der Waals surface area contributed by atoms with Gasteiger partial charge in [-0.15, -0.1) is 11.3 Å². The van der Waals surface area contributed by atoms with Crippen LogP contribution < -0.4 is 15.5 Å². The van der Waals surface area contributed by atoms with Crippen LogP contribution in [0.3, 0.4) is 0 Å². The number of nitrogens with zero attached hydrogens (tertiary/aromatic N) is 4. The largest absolute Gasteiger partial charge is 0.391 e. The molecule has 6 rings (SSSR count). The van der Waals surface area contributed by atoms with Gasteiger partial charge < -0.3 is 25.5 Å². The van der Waals surface area contributed by atoms with E-state index in [0.29, 0.717) is 25.4 Å². The van der Waals surface area contributed by atoms with Crippen LogP contribution in [-0.2, 0) is 0 Å². The molecule has 3 fully saturated rings. The summed E-state index contributed by atoms with van der Waals surface area (Å²) in [6.07, 6.45) is 8.70. The molecule has 35 heavy (non-hydrogen) atoms. The first kappa shape index (κ1) is 22.7. The maximum absolute atomic E-state index is 13.4. The summed E-state index contributed by atoms with van der Waals surface area (Å²) >= 11 is 1.55. The average molecular weight is 493 g/mol. The summed E-state index contributed by atoms with van der Waals surface area (Å²) in [4.78, 5) is 27.7. The molecule has 8 nitrogen and oxygen atoms in total. The second-order valence-corrected chi connectivity index (χ2v) is 10.9. The van der Waals surface area contributed by atoms with E-state index in [1.165, 1.54) is 18.4 Å². The number of hydrogen-bond acceptors (Lipinski definition) is 8. The Morgan fingerprint density at radius 1 is 1.06 bits per heavy atom. The molecule has 1 aliphatic carbocycles. The highest BCUT2D eigenvalue weighted by atomic mass is 32.1. The number of nitrogens with one attached hydrogen (secondary N) is 2. The first-order valence-electron chi connectivity index (χ1n) is 12.7. The SMILES string of the molecule is O=C(c1sc2cnc(Nc3ccc(N4CCNCC4)cn3)cc2c1C1CCCC1)N1CCC(O)C1. The van der Waals surface area contributed by atoms with Gasteiger partial charge in [0, 0.05) is 50.9 Å². The molecule has 1 atom stereocenters. The normalized spacial score (nSPS) is 21.2. The number of aromatic nitrogens is 2. The molecule has 2 saturated heterocycles. The minimum atomic E-state index is -0.411. The van der Waals surface area contributed by atoms with Gasteiger partial charge in [0.15, 0.2) is 0 Å². The fourth-order valence-corrected chi connectivity index (χ4v) is 6.85. The number of anilines is 3. The van der Waals surface area contributed by atoms with Crippen molar-refractivity contribution in [2.24, 2.45) is 0 Å². The summed E-state index contributed by atoms with van der Waals surface area (Å²) in [6, 6.07) is 6.19. The lowest BCUT2D eigenvalue weighted by molar-refractivity contribution is 0.0768. The molecule has 3 aromatic heterocycles. The van der Waals surface area contributed by atoms with Crippen LogP contribution in [0.15, 0.2) is 30.6 Å². The van der Waals surface area contributed by atoms with E-state index in [0.717, 1.165) is 71.3 Å². The Morgan fingerprint density at radius 3 is 2.57 bits per heavy atom. The summed E-state index contributed by atoms with van der Waals surface area (Å²) in [7, 11) is 0. The molecule has 1 amide bonds. The second kappa shape index (κ2) is 9.72. The molecule has 3 aliphatic rings.